The minimum atomic E-state index is -0.500. The number of hydrogen-bond acceptors (Lipinski definition) is 3. The second-order valence-corrected chi connectivity index (χ2v) is 4.54. The van der Waals surface area contributed by atoms with Gasteiger partial charge < -0.3 is 15.4 Å². The molecule has 17 heavy (non-hydrogen) atoms. The summed E-state index contributed by atoms with van der Waals surface area (Å²) in [7, 11) is 0. The number of carbonyl (C=O) groups excluding carboxylic acids is 1. The molecule has 1 saturated carbocycles. The van der Waals surface area contributed by atoms with Crippen molar-refractivity contribution in [1.82, 2.24) is 10.3 Å². The molecule has 0 bridgehead atoms. The van der Waals surface area contributed by atoms with E-state index in [9.17, 15) is 14.7 Å². The summed E-state index contributed by atoms with van der Waals surface area (Å²) in [5, 5.41) is 12.2. The SMILES string of the molecule is O=C(NC1(CO)CCCC1)c1cc[nH]c(=O)c1. The van der Waals surface area contributed by atoms with E-state index in [0.717, 1.165) is 25.7 Å². The molecule has 0 saturated heterocycles. The predicted molar refractivity (Wildman–Crippen MR) is 62.8 cm³/mol. The predicted octanol–water partition coefficient (Wildman–Crippen LogP) is 0.410. The van der Waals surface area contributed by atoms with Crippen LogP contribution in [-0.2, 0) is 0 Å². The molecule has 5 nitrogen and oxygen atoms in total. The van der Waals surface area contributed by atoms with E-state index in [0.29, 0.717) is 5.56 Å². The van der Waals surface area contributed by atoms with Crippen molar-refractivity contribution in [3.63, 3.8) is 0 Å². The van der Waals surface area contributed by atoms with Crippen LogP contribution in [0.3, 0.4) is 0 Å². The molecule has 1 aliphatic carbocycles. The lowest BCUT2D eigenvalue weighted by atomic mass is 9.98. The van der Waals surface area contributed by atoms with E-state index in [1.54, 1.807) is 6.07 Å². The Morgan fingerprint density at radius 3 is 2.76 bits per heavy atom. The lowest BCUT2D eigenvalue weighted by Gasteiger charge is -2.27. The Hall–Kier alpha value is -1.62. The monoisotopic (exact) mass is 236 g/mol. The number of hydrogen-bond donors (Lipinski definition) is 3. The van der Waals surface area contributed by atoms with Crippen LogP contribution >= 0.6 is 0 Å². The average Bonchev–Trinajstić information content (AvgIpc) is 2.78. The summed E-state index contributed by atoms with van der Waals surface area (Å²) in [4.78, 5) is 25.5. The highest BCUT2D eigenvalue weighted by Gasteiger charge is 2.34. The Bertz CT molecular complexity index is 461. The molecule has 1 aliphatic rings. The Balaban J connectivity index is 2.13. The number of amides is 1. The third-order valence-electron chi connectivity index (χ3n) is 3.28. The van der Waals surface area contributed by atoms with Gasteiger partial charge in [0, 0.05) is 17.8 Å². The highest BCUT2D eigenvalue weighted by atomic mass is 16.3. The topological polar surface area (TPSA) is 82.2 Å². The molecule has 5 heteroatoms. The van der Waals surface area contributed by atoms with Crippen molar-refractivity contribution >= 4 is 5.91 Å². The second kappa shape index (κ2) is 4.71. The van der Waals surface area contributed by atoms with Crippen molar-refractivity contribution in [1.29, 1.82) is 0 Å². The van der Waals surface area contributed by atoms with Gasteiger partial charge in [0.25, 0.3) is 5.91 Å². The quantitative estimate of drug-likeness (QED) is 0.711. The maximum atomic E-state index is 11.9. The van der Waals surface area contributed by atoms with Gasteiger partial charge in [-0.1, -0.05) is 12.8 Å². The summed E-state index contributed by atoms with van der Waals surface area (Å²) in [6, 6.07) is 2.81. The zero-order valence-electron chi connectivity index (χ0n) is 9.53. The van der Waals surface area contributed by atoms with Gasteiger partial charge in [0.05, 0.1) is 12.1 Å². The Morgan fingerprint density at radius 1 is 1.47 bits per heavy atom. The average molecular weight is 236 g/mol. The molecule has 1 amide bonds. The smallest absolute Gasteiger partial charge is 0.252 e. The van der Waals surface area contributed by atoms with Gasteiger partial charge in [0.2, 0.25) is 5.56 Å². The van der Waals surface area contributed by atoms with Crippen molar-refractivity contribution in [3.8, 4) is 0 Å². The zero-order valence-corrected chi connectivity index (χ0v) is 9.53. The largest absolute Gasteiger partial charge is 0.394 e. The van der Waals surface area contributed by atoms with Crippen LogP contribution in [0.25, 0.3) is 0 Å². The molecule has 0 unspecified atom stereocenters. The van der Waals surface area contributed by atoms with Crippen molar-refractivity contribution in [2.24, 2.45) is 0 Å². The van der Waals surface area contributed by atoms with Crippen LogP contribution in [0.2, 0.25) is 0 Å². The molecule has 92 valence electrons. The summed E-state index contributed by atoms with van der Waals surface area (Å²) in [6.07, 6.45) is 5.04. The van der Waals surface area contributed by atoms with Crippen LogP contribution in [0.15, 0.2) is 23.1 Å². The Kier molecular flexibility index (Phi) is 3.28. The molecule has 3 N–H and O–H groups in total. The van der Waals surface area contributed by atoms with Gasteiger partial charge in [-0.05, 0) is 18.9 Å². The van der Waals surface area contributed by atoms with Gasteiger partial charge in [0.1, 0.15) is 0 Å². The lowest BCUT2D eigenvalue weighted by Crippen LogP contribution is -2.49. The molecule has 0 aliphatic heterocycles. The van der Waals surface area contributed by atoms with Crippen LogP contribution < -0.4 is 10.9 Å². The fraction of sp³-hybridized carbons (Fsp3) is 0.500. The number of pyridine rings is 1. The Morgan fingerprint density at radius 2 is 2.18 bits per heavy atom. The number of carbonyl (C=O) groups is 1. The van der Waals surface area contributed by atoms with Gasteiger partial charge in [-0.2, -0.15) is 0 Å². The second-order valence-electron chi connectivity index (χ2n) is 4.54. The summed E-state index contributed by atoms with van der Waals surface area (Å²) in [5.74, 6) is -0.299. The number of aromatic amines is 1. The molecular weight excluding hydrogens is 220 g/mol. The molecular formula is C12H16N2O3. The molecule has 1 heterocycles. The van der Waals surface area contributed by atoms with Crippen molar-refractivity contribution in [3.05, 3.63) is 34.2 Å². The fourth-order valence-electron chi connectivity index (χ4n) is 2.27. The van der Waals surface area contributed by atoms with Crippen molar-refractivity contribution in [2.75, 3.05) is 6.61 Å². The van der Waals surface area contributed by atoms with Crippen LogP contribution in [0.1, 0.15) is 36.0 Å². The molecule has 1 aromatic heterocycles. The van der Waals surface area contributed by atoms with E-state index in [1.165, 1.54) is 12.3 Å². The van der Waals surface area contributed by atoms with Gasteiger partial charge in [-0.25, -0.2) is 0 Å². The molecule has 1 fully saturated rings. The van der Waals surface area contributed by atoms with Gasteiger partial charge in [0.15, 0.2) is 0 Å². The molecule has 0 spiro atoms. The number of H-pyrrole nitrogens is 1. The first-order valence-corrected chi connectivity index (χ1v) is 5.77. The number of aromatic nitrogens is 1. The summed E-state index contributed by atoms with van der Waals surface area (Å²) in [5.41, 5.74) is -0.477. The first-order valence-electron chi connectivity index (χ1n) is 5.77. The van der Waals surface area contributed by atoms with E-state index in [1.807, 2.05) is 0 Å². The van der Waals surface area contributed by atoms with Gasteiger partial charge in [-0.15, -0.1) is 0 Å². The van der Waals surface area contributed by atoms with E-state index < -0.39 is 5.54 Å². The van der Waals surface area contributed by atoms with Gasteiger partial charge in [-0.3, -0.25) is 9.59 Å². The number of aliphatic hydroxyl groups excluding tert-OH is 1. The number of nitrogens with one attached hydrogen (secondary N) is 2. The summed E-state index contributed by atoms with van der Waals surface area (Å²) >= 11 is 0. The molecule has 1 aromatic rings. The maximum Gasteiger partial charge on any atom is 0.252 e. The van der Waals surface area contributed by atoms with Gasteiger partial charge >= 0.3 is 0 Å². The van der Waals surface area contributed by atoms with Crippen LogP contribution in [-0.4, -0.2) is 28.1 Å². The van der Waals surface area contributed by atoms with E-state index in [-0.39, 0.29) is 18.1 Å². The fourth-order valence-corrected chi connectivity index (χ4v) is 2.27. The van der Waals surface area contributed by atoms with Crippen molar-refractivity contribution < 1.29 is 9.90 Å². The molecule has 0 aromatic carbocycles. The first-order chi connectivity index (χ1) is 8.15. The van der Waals surface area contributed by atoms with Crippen LogP contribution in [0, 0.1) is 0 Å². The van der Waals surface area contributed by atoms with E-state index in [4.69, 9.17) is 0 Å². The molecule has 2 rings (SSSR count). The van der Waals surface area contributed by atoms with Crippen LogP contribution in [0.5, 0.6) is 0 Å². The lowest BCUT2D eigenvalue weighted by molar-refractivity contribution is 0.0838. The number of aliphatic hydroxyl groups is 1. The summed E-state index contributed by atoms with van der Waals surface area (Å²) in [6.45, 7) is -0.0536. The normalized spacial score (nSPS) is 17.9. The third kappa shape index (κ3) is 2.55. The van der Waals surface area contributed by atoms with E-state index in [2.05, 4.69) is 10.3 Å². The molecule has 0 radical (unpaired) electrons. The van der Waals surface area contributed by atoms with Crippen LogP contribution in [0.4, 0.5) is 0 Å². The minimum Gasteiger partial charge on any atom is -0.394 e. The van der Waals surface area contributed by atoms with E-state index >= 15 is 0 Å². The zero-order chi connectivity index (χ0) is 12.3. The molecule has 0 atom stereocenters. The summed E-state index contributed by atoms with van der Waals surface area (Å²) < 4.78 is 0. The first kappa shape index (κ1) is 11.9. The minimum absolute atomic E-state index is 0.0536. The maximum absolute atomic E-state index is 11.9. The highest BCUT2D eigenvalue weighted by Crippen LogP contribution is 2.29. The number of rotatable bonds is 3. The Labute approximate surface area is 98.9 Å². The van der Waals surface area contributed by atoms with Crippen molar-refractivity contribution in [2.45, 2.75) is 31.2 Å². The third-order valence-corrected chi connectivity index (χ3v) is 3.28. The standard InChI is InChI=1S/C12H16N2O3/c15-8-12(4-1-2-5-12)14-11(17)9-3-6-13-10(16)7-9/h3,6-7,15H,1-2,4-5,8H2,(H,13,16)(H,14,17). The highest BCUT2D eigenvalue weighted by molar-refractivity contribution is 5.94.